The lowest BCUT2D eigenvalue weighted by Crippen LogP contribution is -2.21. The van der Waals surface area contributed by atoms with E-state index in [1.54, 1.807) is 0 Å². The highest BCUT2D eigenvalue weighted by Crippen LogP contribution is 2.15. The van der Waals surface area contributed by atoms with Crippen LogP contribution in [0.4, 0.5) is 0 Å². The second kappa shape index (κ2) is 2.84. The second-order valence-corrected chi connectivity index (χ2v) is 2.58. The van der Waals surface area contributed by atoms with Gasteiger partial charge in [-0.1, -0.05) is 6.58 Å². The summed E-state index contributed by atoms with van der Waals surface area (Å²) in [5, 5.41) is 3.14. The normalized spacial score (nSPS) is 24.6. The van der Waals surface area contributed by atoms with Gasteiger partial charge in [-0.25, -0.2) is 0 Å². The molecule has 0 aromatic rings. The van der Waals surface area contributed by atoms with Crippen molar-refractivity contribution in [1.82, 2.24) is 5.32 Å². The molecule has 1 heterocycles. The van der Waals surface area contributed by atoms with Gasteiger partial charge in [-0.2, -0.15) is 0 Å². The largest absolute Gasteiger partial charge is 0.366 e. The highest BCUT2D eigenvalue weighted by molar-refractivity contribution is 5.91. The van der Waals surface area contributed by atoms with Gasteiger partial charge in [0, 0.05) is 18.0 Å². The lowest BCUT2D eigenvalue weighted by atomic mass is 10.00. The number of hydrogen-bond acceptors (Lipinski definition) is 2. The zero-order valence-corrected chi connectivity index (χ0v) is 5.89. The lowest BCUT2D eigenvalue weighted by molar-refractivity contribution is -0.115. The third-order valence-corrected chi connectivity index (χ3v) is 1.87. The fraction of sp³-hybridized carbons (Fsp3) is 0.571. The zero-order valence-electron chi connectivity index (χ0n) is 5.89. The smallest absolute Gasteiger partial charge is 0.244 e. The van der Waals surface area contributed by atoms with E-state index in [1.807, 2.05) is 0 Å². The Morgan fingerprint density at radius 2 is 2.40 bits per heavy atom. The molecule has 1 saturated heterocycles. The van der Waals surface area contributed by atoms with Gasteiger partial charge in [0.15, 0.2) is 0 Å². The monoisotopic (exact) mass is 140 g/mol. The van der Waals surface area contributed by atoms with Crippen LogP contribution in [0.2, 0.25) is 0 Å². The van der Waals surface area contributed by atoms with E-state index in [-0.39, 0.29) is 11.8 Å². The molecule has 1 amide bonds. The van der Waals surface area contributed by atoms with Gasteiger partial charge in [0.25, 0.3) is 0 Å². The van der Waals surface area contributed by atoms with E-state index in [2.05, 4.69) is 11.9 Å². The Hall–Kier alpha value is -0.830. The summed E-state index contributed by atoms with van der Waals surface area (Å²) in [6.45, 7) is 5.44. The van der Waals surface area contributed by atoms with Gasteiger partial charge >= 0.3 is 0 Å². The van der Waals surface area contributed by atoms with Crippen LogP contribution in [0.15, 0.2) is 12.2 Å². The van der Waals surface area contributed by atoms with E-state index in [4.69, 9.17) is 5.73 Å². The van der Waals surface area contributed by atoms with E-state index >= 15 is 0 Å². The second-order valence-electron chi connectivity index (χ2n) is 2.58. The topological polar surface area (TPSA) is 55.1 Å². The maximum atomic E-state index is 10.6. The van der Waals surface area contributed by atoms with E-state index in [9.17, 15) is 4.79 Å². The van der Waals surface area contributed by atoms with Crippen LogP contribution in [0.5, 0.6) is 0 Å². The number of hydrogen-bond donors (Lipinski definition) is 2. The Kier molecular flexibility index (Phi) is 2.06. The highest BCUT2D eigenvalue weighted by atomic mass is 16.1. The van der Waals surface area contributed by atoms with Crippen molar-refractivity contribution < 1.29 is 4.79 Å². The van der Waals surface area contributed by atoms with Crippen molar-refractivity contribution in [2.24, 2.45) is 11.7 Å². The van der Waals surface area contributed by atoms with Crippen LogP contribution >= 0.6 is 0 Å². The molecule has 1 aliphatic heterocycles. The number of rotatable bonds is 2. The third kappa shape index (κ3) is 1.36. The van der Waals surface area contributed by atoms with E-state index < -0.39 is 0 Å². The van der Waals surface area contributed by atoms with Crippen molar-refractivity contribution in [3.8, 4) is 0 Å². The zero-order chi connectivity index (χ0) is 7.56. The predicted octanol–water partition coefficient (Wildman–Crippen LogP) is -0.363. The number of primary amides is 1. The molecular formula is C7H12N2O. The molecule has 0 bridgehead atoms. The number of amides is 1. The Bertz CT molecular complexity index is 159. The molecule has 1 rings (SSSR count). The molecule has 1 aliphatic rings. The Labute approximate surface area is 60.3 Å². The molecule has 1 fully saturated rings. The van der Waals surface area contributed by atoms with Gasteiger partial charge in [-0.3, -0.25) is 4.79 Å². The Morgan fingerprint density at radius 3 is 2.80 bits per heavy atom. The summed E-state index contributed by atoms with van der Waals surface area (Å²) in [4.78, 5) is 10.6. The van der Waals surface area contributed by atoms with Crippen LogP contribution in [0.3, 0.4) is 0 Å². The molecule has 10 heavy (non-hydrogen) atoms. The first-order chi connectivity index (χ1) is 4.72. The standard InChI is InChI=1S/C7H12N2O/c1-5(7(8)10)6-2-3-9-4-6/h6,9H,1-4H2,(H2,8,10)/t6-/m1/s1. The molecular weight excluding hydrogens is 128 g/mol. The third-order valence-electron chi connectivity index (χ3n) is 1.87. The Morgan fingerprint density at radius 1 is 1.70 bits per heavy atom. The molecule has 0 unspecified atom stereocenters. The van der Waals surface area contributed by atoms with Crippen LogP contribution in [0, 0.1) is 5.92 Å². The number of carbonyl (C=O) groups excluding carboxylic acids is 1. The van der Waals surface area contributed by atoms with Gasteiger partial charge < -0.3 is 11.1 Å². The van der Waals surface area contributed by atoms with Crippen LogP contribution in [0.1, 0.15) is 6.42 Å². The minimum atomic E-state index is -0.367. The molecule has 0 radical (unpaired) electrons. The maximum Gasteiger partial charge on any atom is 0.244 e. The summed E-state index contributed by atoms with van der Waals surface area (Å²) in [5.74, 6) is -0.0915. The van der Waals surface area contributed by atoms with Gasteiger partial charge in [0.05, 0.1) is 0 Å². The van der Waals surface area contributed by atoms with Crippen molar-refractivity contribution in [2.45, 2.75) is 6.42 Å². The van der Waals surface area contributed by atoms with Gasteiger partial charge in [-0.15, -0.1) is 0 Å². The first kappa shape index (κ1) is 7.28. The van der Waals surface area contributed by atoms with Crippen molar-refractivity contribution in [1.29, 1.82) is 0 Å². The van der Waals surface area contributed by atoms with Crippen LogP contribution in [-0.2, 0) is 4.79 Å². The first-order valence-electron chi connectivity index (χ1n) is 3.41. The summed E-state index contributed by atoms with van der Waals surface area (Å²) in [7, 11) is 0. The van der Waals surface area contributed by atoms with Crippen LogP contribution in [-0.4, -0.2) is 19.0 Å². The SMILES string of the molecule is C=C(C(N)=O)[C@@H]1CCNC1. The van der Waals surface area contributed by atoms with Crippen molar-refractivity contribution in [3.05, 3.63) is 12.2 Å². The maximum absolute atomic E-state index is 10.6. The molecule has 3 N–H and O–H groups in total. The number of carbonyl (C=O) groups is 1. The summed E-state index contributed by atoms with van der Waals surface area (Å²) in [6, 6.07) is 0. The molecule has 0 aliphatic carbocycles. The minimum absolute atomic E-state index is 0.275. The quantitative estimate of drug-likeness (QED) is 0.514. The molecule has 0 spiro atoms. The van der Waals surface area contributed by atoms with Crippen molar-refractivity contribution >= 4 is 5.91 Å². The molecule has 0 saturated carbocycles. The molecule has 0 aromatic carbocycles. The number of nitrogens with two attached hydrogens (primary N) is 1. The van der Waals surface area contributed by atoms with Gasteiger partial charge in [0.1, 0.15) is 0 Å². The first-order valence-corrected chi connectivity index (χ1v) is 3.41. The summed E-state index contributed by atoms with van der Waals surface area (Å²) < 4.78 is 0. The van der Waals surface area contributed by atoms with Crippen LogP contribution < -0.4 is 11.1 Å². The number of nitrogens with one attached hydrogen (secondary N) is 1. The predicted molar refractivity (Wildman–Crippen MR) is 39.3 cm³/mol. The average molecular weight is 140 g/mol. The van der Waals surface area contributed by atoms with Crippen molar-refractivity contribution in [3.63, 3.8) is 0 Å². The molecule has 56 valence electrons. The average Bonchev–Trinajstić information content (AvgIpc) is 2.36. The van der Waals surface area contributed by atoms with Crippen molar-refractivity contribution in [2.75, 3.05) is 13.1 Å². The molecule has 0 aromatic heterocycles. The summed E-state index contributed by atoms with van der Waals surface area (Å²) >= 11 is 0. The molecule has 3 heteroatoms. The lowest BCUT2D eigenvalue weighted by Gasteiger charge is -2.06. The summed E-state index contributed by atoms with van der Waals surface area (Å²) in [6.07, 6.45) is 0.988. The minimum Gasteiger partial charge on any atom is -0.366 e. The summed E-state index contributed by atoms with van der Waals surface area (Å²) in [5.41, 5.74) is 5.61. The van der Waals surface area contributed by atoms with E-state index in [0.29, 0.717) is 5.57 Å². The fourth-order valence-electron chi connectivity index (χ4n) is 1.15. The van der Waals surface area contributed by atoms with Gasteiger partial charge in [0.2, 0.25) is 5.91 Å². The van der Waals surface area contributed by atoms with Crippen LogP contribution in [0.25, 0.3) is 0 Å². The highest BCUT2D eigenvalue weighted by Gasteiger charge is 2.20. The van der Waals surface area contributed by atoms with E-state index in [0.717, 1.165) is 19.5 Å². The molecule has 1 atom stereocenters. The van der Waals surface area contributed by atoms with Gasteiger partial charge in [-0.05, 0) is 13.0 Å². The fourth-order valence-corrected chi connectivity index (χ4v) is 1.15. The molecule has 3 nitrogen and oxygen atoms in total. The van der Waals surface area contributed by atoms with E-state index in [1.165, 1.54) is 0 Å². The Balaban J connectivity index is 2.48.